The summed E-state index contributed by atoms with van der Waals surface area (Å²) in [6, 6.07) is 0. The monoisotopic (exact) mass is 144 g/mol. The first-order valence-corrected chi connectivity index (χ1v) is 3.00. The highest BCUT2D eigenvalue weighted by Crippen LogP contribution is 2.04. The lowest BCUT2D eigenvalue weighted by atomic mass is 10.3. The van der Waals surface area contributed by atoms with Gasteiger partial charge >= 0.3 is 0 Å². The predicted octanol–water partition coefficient (Wildman–Crippen LogP) is -0.483. The summed E-state index contributed by atoms with van der Waals surface area (Å²) in [6.45, 7) is 1.99. The van der Waals surface area contributed by atoms with Crippen LogP contribution in [0.25, 0.3) is 0 Å². The van der Waals surface area contributed by atoms with Crippen molar-refractivity contribution in [3.8, 4) is 0 Å². The first kappa shape index (κ1) is 7.37. The van der Waals surface area contributed by atoms with Crippen LogP contribution in [-0.4, -0.2) is 31.1 Å². The number of carbonyl (C=O) groups excluding carboxylic acids is 2. The van der Waals surface area contributed by atoms with Gasteiger partial charge in [0.25, 0.3) is 5.78 Å². The summed E-state index contributed by atoms with van der Waals surface area (Å²) in [6.07, 6.45) is -0.933. The van der Waals surface area contributed by atoms with Gasteiger partial charge in [0, 0.05) is 6.92 Å². The molecule has 1 aliphatic rings. The molecule has 4 nitrogen and oxygen atoms in total. The lowest BCUT2D eigenvalue weighted by Crippen LogP contribution is -2.27. The third kappa shape index (κ3) is 1.40. The Morgan fingerprint density at radius 2 is 1.80 bits per heavy atom. The van der Waals surface area contributed by atoms with Gasteiger partial charge in [-0.3, -0.25) is 9.59 Å². The van der Waals surface area contributed by atoms with Crippen molar-refractivity contribution in [1.29, 1.82) is 0 Å². The van der Waals surface area contributed by atoms with Gasteiger partial charge in [0.2, 0.25) is 12.1 Å². The summed E-state index contributed by atoms with van der Waals surface area (Å²) in [7, 11) is 0. The van der Waals surface area contributed by atoms with Gasteiger partial charge in [-0.05, 0) is 0 Å². The molecule has 0 N–H and O–H groups in total. The topological polar surface area (TPSA) is 52.6 Å². The third-order valence-corrected chi connectivity index (χ3v) is 1.18. The van der Waals surface area contributed by atoms with E-state index in [1.54, 1.807) is 0 Å². The number of rotatable bonds is 2. The zero-order chi connectivity index (χ0) is 7.56. The first-order chi connectivity index (χ1) is 4.72. The highest BCUT2D eigenvalue weighted by molar-refractivity contribution is 6.37. The number of ketones is 2. The van der Waals surface area contributed by atoms with E-state index in [0.29, 0.717) is 13.2 Å². The first-order valence-electron chi connectivity index (χ1n) is 3.00. The number of ether oxygens (including phenoxy) is 2. The molecule has 0 atom stereocenters. The molecule has 0 unspecified atom stereocenters. The molecule has 0 amide bonds. The van der Waals surface area contributed by atoms with Crippen molar-refractivity contribution in [3.05, 3.63) is 0 Å². The molecule has 1 saturated heterocycles. The zero-order valence-electron chi connectivity index (χ0n) is 5.62. The quantitative estimate of drug-likeness (QED) is 0.491. The summed E-state index contributed by atoms with van der Waals surface area (Å²) in [5, 5.41) is 0. The average Bonchev–Trinajstić information content (AvgIpc) is 2.36. The molecule has 0 saturated carbocycles. The predicted molar refractivity (Wildman–Crippen MR) is 31.4 cm³/mol. The molecule has 56 valence electrons. The Kier molecular flexibility index (Phi) is 2.13. The van der Waals surface area contributed by atoms with Crippen LogP contribution in [0.4, 0.5) is 0 Å². The Balaban J connectivity index is 2.48. The summed E-state index contributed by atoms with van der Waals surface area (Å²) < 4.78 is 9.57. The fraction of sp³-hybridized carbons (Fsp3) is 0.667. The van der Waals surface area contributed by atoms with E-state index in [1.165, 1.54) is 6.92 Å². The van der Waals surface area contributed by atoms with E-state index in [0.717, 1.165) is 0 Å². The number of carbonyl (C=O) groups is 2. The number of Topliss-reactive ketones (excluding diaryl/α,β-unsaturated/α-hetero) is 2. The smallest absolute Gasteiger partial charge is 0.253 e. The van der Waals surface area contributed by atoms with Crippen LogP contribution >= 0.6 is 0 Å². The van der Waals surface area contributed by atoms with Gasteiger partial charge in [-0.15, -0.1) is 0 Å². The van der Waals surface area contributed by atoms with Gasteiger partial charge in [-0.25, -0.2) is 0 Å². The van der Waals surface area contributed by atoms with Crippen LogP contribution < -0.4 is 0 Å². The lowest BCUT2D eigenvalue weighted by Gasteiger charge is -2.02. The van der Waals surface area contributed by atoms with E-state index in [9.17, 15) is 9.59 Å². The maximum absolute atomic E-state index is 10.7. The molecule has 0 bridgehead atoms. The maximum atomic E-state index is 10.7. The van der Waals surface area contributed by atoms with Crippen molar-refractivity contribution in [2.24, 2.45) is 0 Å². The Bertz CT molecular complexity index is 157. The van der Waals surface area contributed by atoms with Crippen molar-refractivity contribution in [3.63, 3.8) is 0 Å². The van der Waals surface area contributed by atoms with Crippen LogP contribution in [-0.2, 0) is 19.1 Å². The lowest BCUT2D eigenvalue weighted by molar-refractivity contribution is -0.152. The Labute approximate surface area is 58.1 Å². The third-order valence-electron chi connectivity index (χ3n) is 1.18. The molecule has 0 radical (unpaired) electrons. The number of hydrogen-bond acceptors (Lipinski definition) is 4. The molecule has 10 heavy (non-hydrogen) atoms. The van der Waals surface area contributed by atoms with Crippen molar-refractivity contribution in [2.45, 2.75) is 13.2 Å². The Morgan fingerprint density at radius 1 is 1.30 bits per heavy atom. The van der Waals surface area contributed by atoms with Crippen LogP contribution in [0.5, 0.6) is 0 Å². The van der Waals surface area contributed by atoms with E-state index < -0.39 is 17.9 Å². The van der Waals surface area contributed by atoms with Crippen molar-refractivity contribution >= 4 is 11.6 Å². The molecule has 0 spiro atoms. The number of hydrogen-bond donors (Lipinski definition) is 0. The minimum atomic E-state index is -0.933. The largest absolute Gasteiger partial charge is 0.343 e. The van der Waals surface area contributed by atoms with Gasteiger partial charge in [0.1, 0.15) is 0 Å². The maximum Gasteiger partial charge on any atom is 0.253 e. The van der Waals surface area contributed by atoms with Gasteiger partial charge in [-0.2, -0.15) is 0 Å². The van der Waals surface area contributed by atoms with Crippen LogP contribution in [0.3, 0.4) is 0 Å². The van der Waals surface area contributed by atoms with Crippen LogP contribution in [0.1, 0.15) is 6.92 Å². The van der Waals surface area contributed by atoms with Crippen molar-refractivity contribution in [2.75, 3.05) is 13.2 Å². The standard InChI is InChI=1S/C6H8O4/c1-4(7)5(8)6-9-2-3-10-6/h6H,2-3H2,1H3. The minimum Gasteiger partial charge on any atom is -0.343 e. The van der Waals surface area contributed by atoms with E-state index in [2.05, 4.69) is 0 Å². The molecule has 0 aliphatic carbocycles. The molecule has 0 aromatic carbocycles. The second-order valence-corrected chi connectivity index (χ2v) is 1.99. The van der Waals surface area contributed by atoms with Crippen molar-refractivity contribution in [1.82, 2.24) is 0 Å². The van der Waals surface area contributed by atoms with Gasteiger partial charge < -0.3 is 9.47 Å². The van der Waals surface area contributed by atoms with E-state index in [4.69, 9.17) is 9.47 Å². The molecule has 1 heterocycles. The average molecular weight is 144 g/mol. The van der Waals surface area contributed by atoms with E-state index in [1.807, 2.05) is 0 Å². The summed E-state index contributed by atoms with van der Waals surface area (Å²) in [5.74, 6) is -1.12. The normalized spacial score (nSPS) is 19.3. The van der Waals surface area contributed by atoms with Gasteiger partial charge in [0.15, 0.2) is 0 Å². The summed E-state index contributed by atoms with van der Waals surface area (Å²) in [4.78, 5) is 21.2. The van der Waals surface area contributed by atoms with E-state index >= 15 is 0 Å². The van der Waals surface area contributed by atoms with Crippen molar-refractivity contribution < 1.29 is 19.1 Å². The molecule has 1 fully saturated rings. The van der Waals surface area contributed by atoms with Crippen LogP contribution in [0.2, 0.25) is 0 Å². The fourth-order valence-corrected chi connectivity index (χ4v) is 0.676. The highest BCUT2D eigenvalue weighted by atomic mass is 16.7. The second-order valence-electron chi connectivity index (χ2n) is 1.99. The van der Waals surface area contributed by atoms with E-state index in [-0.39, 0.29) is 0 Å². The van der Waals surface area contributed by atoms with Crippen LogP contribution in [0, 0.1) is 0 Å². The molecule has 1 rings (SSSR count). The Hall–Kier alpha value is -0.740. The summed E-state index contributed by atoms with van der Waals surface area (Å²) in [5.41, 5.74) is 0. The molecule has 1 aliphatic heterocycles. The fourth-order valence-electron chi connectivity index (χ4n) is 0.676. The minimum absolute atomic E-state index is 0.393. The molecular weight excluding hydrogens is 136 g/mol. The molecule has 4 heteroatoms. The SMILES string of the molecule is CC(=O)C(=O)C1OCCO1. The molecular formula is C6H8O4. The van der Waals surface area contributed by atoms with Crippen LogP contribution in [0.15, 0.2) is 0 Å². The zero-order valence-corrected chi connectivity index (χ0v) is 5.62. The second kappa shape index (κ2) is 2.90. The molecule has 0 aromatic heterocycles. The summed E-state index contributed by atoms with van der Waals surface area (Å²) >= 11 is 0. The Morgan fingerprint density at radius 3 is 2.20 bits per heavy atom. The van der Waals surface area contributed by atoms with Gasteiger partial charge in [-0.1, -0.05) is 0 Å². The highest BCUT2D eigenvalue weighted by Gasteiger charge is 2.27. The molecule has 0 aromatic rings. The van der Waals surface area contributed by atoms with Gasteiger partial charge in [0.05, 0.1) is 13.2 Å².